The van der Waals surface area contributed by atoms with Crippen molar-refractivity contribution >= 4 is 27.6 Å². The van der Waals surface area contributed by atoms with Gasteiger partial charge in [0.25, 0.3) is 0 Å². The topological polar surface area (TPSA) is 44.4 Å². The fourth-order valence-corrected chi connectivity index (χ4v) is 1.74. The number of hydrogen-bond donors (Lipinski definition) is 2. The van der Waals surface area contributed by atoms with Gasteiger partial charge in [-0.15, -0.1) is 0 Å². The van der Waals surface area contributed by atoms with Gasteiger partial charge in [0, 0.05) is 16.7 Å². The lowest BCUT2D eigenvalue weighted by Gasteiger charge is -2.11. The van der Waals surface area contributed by atoms with Gasteiger partial charge < -0.3 is 15.5 Å². The molecule has 0 saturated heterocycles. The maximum absolute atomic E-state index is 11.6. The van der Waals surface area contributed by atoms with Crippen LogP contribution in [-0.2, 0) is 0 Å². The van der Waals surface area contributed by atoms with E-state index in [0.29, 0.717) is 6.54 Å². The first-order valence-electron chi connectivity index (χ1n) is 5.95. The minimum Gasteiger partial charge on any atom is -0.338 e. The summed E-state index contributed by atoms with van der Waals surface area (Å²) in [5.74, 6) is 0. The van der Waals surface area contributed by atoms with Crippen LogP contribution in [0.2, 0.25) is 0 Å². The van der Waals surface area contributed by atoms with E-state index in [2.05, 4.69) is 31.5 Å². The Morgan fingerprint density at radius 3 is 2.72 bits per heavy atom. The molecule has 0 bridgehead atoms. The summed E-state index contributed by atoms with van der Waals surface area (Å²) in [6.45, 7) is 3.64. The van der Waals surface area contributed by atoms with Crippen molar-refractivity contribution in [3.05, 3.63) is 28.2 Å². The van der Waals surface area contributed by atoms with E-state index < -0.39 is 0 Å². The first-order valence-corrected chi connectivity index (χ1v) is 6.74. The predicted octanol–water partition coefficient (Wildman–Crippen LogP) is 2.83. The van der Waals surface area contributed by atoms with Crippen LogP contribution in [-0.4, -0.2) is 38.1 Å². The van der Waals surface area contributed by atoms with Crippen molar-refractivity contribution in [1.82, 2.24) is 10.2 Å². The number of carbonyl (C=O) groups excluding carboxylic acids is 1. The summed E-state index contributed by atoms with van der Waals surface area (Å²) in [6, 6.07) is 5.58. The number of anilines is 1. The molecule has 1 rings (SSSR count). The normalized spacial score (nSPS) is 10.5. The van der Waals surface area contributed by atoms with Crippen LogP contribution in [0.1, 0.15) is 12.0 Å². The monoisotopic (exact) mass is 313 g/mol. The zero-order chi connectivity index (χ0) is 13.5. The first-order chi connectivity index (χ1) is 8.49. The highest BCUT2D eigenvalue weighted by Gasteiger charge is 2.02. The van der Waals surface area contributed by atoms with Gasteiger partial charge >= 0.3 is 6.03 Å². The molecule has 1 aromatic carbocycles. The molecule has 0 saturated carbocycles. The molecule has 4 nitrogen and oxygen atoms in total. The number of aryl methyl sites for hydroxylation is 1. The SMILES string of the molecule is Cc1cc(NC(=O)NCCCN(C)C)ccc1Br. The van der Waals surface area contributed by atoms with Crippen molar-refractivity contribution in [2.45, 2.75) is 13.3 Å². The summed E-state index contributed by atoms with van der Waals surface area (Å²) >= 11 is 3.43. The van der Waals surface area contributed by atoms with Gasteiger partial charge in [0.15, 0.2) is 0 Å². The number of halogens is 1. The van der Waals surface area contributed by atoms with Gasteiger partial charge in [-0.25, -0.2) is 4.79 Å². The van der Waals surface area contributed by atoms with Crippen LogP contribution in [0.5, 0.6) is 0 Å². The van der Waals surface area contributed by atoms with Crippen LogP contribution in [0, 0.1) is 6.92 Å². The lowest BCUT2D eigenvalue weighted by Crippen LogP contribution is -2.31. The summed E-state index contributed by atoms with van der Waals surface area (Å²) in [5.41, 5.74) is 1.90. The molecule has 0 unspecified atom stereocenters. The maximum atomic E-state index is 11.6. The van der Waals surface area contributed by atoms with E-state index in [4.69, 9.17) is 0 Å². The van der Waals surface area contributed by atoms with Crippen LogP contribution in [0.3, 0.4) is 0 Å². The fraction of sp³-hybridized carbons (Fsp3) is 0.462. The van der Waals surface area contributed by atoms with Gasteiger partial charge in [-0.3, -0.25) is 0 Å². The molecule has 0 aliphatic heterocycles. The summed E-state index contributed by atoms with van der Waals surface area (Å²) in [6.07, 6.45) is 0.944. The third-order valence-electron chi connectivity index (χ3n) is 2.48. The predicted molar refractivity (Wildman–Crippen MR) is 79.1 cm³/mol. The molecule has 0 radical (unpaired) electrons. The second-order valence-corrected chi connectivity index (χ2v) is 5.36. The molecule has 0 heterocycles. The van der Waals surface area contributed by atoms with Gasteiger partial charge in [0.05, 0.1) is 0 Å². The van der Waals surface area contributed by atoms with Gasteiger partial charge in [0.1, 0.15) is 0 Å². The van der Waals surface area contributed by atoms with Crippen molar-refractivity contribution in [2.75, 3.05) is 32.5 Å². The zero-order valence-electron chi connectivity index (χ0n) is 11.1. The molecule has 0 spiro atoms. The van der Waals surface area contributed by atoms with Crippen molar-refractivity contribution in [2.24, 2.45) is 0 Å². The quantitative estimate of drug-likeness (QED) is 0.821. The standard InChI is InChI=1S/C13H20BrN3O/c1-10-9-11(5-6-12(10)14)16-13(18)15-7-4-8-17(2)3/h5-6,9H,4,7-8H2,1-3H3,(H2,15,16,18). The lowest BCUT2D eigenvalue weighted by atomic mass is 10.2. The largest absolute Gasteiger partial charge is 0.338 e. The molecule has 0 aliphatic rings. The fourth-order valence-electron chi connectivity index (χ4n) is 1.49. The van der Waals surface area contributed by atoms with E-state index in [1.807, 2.05) is 39.2 Å². The van der Waals surface area contributed by atoms with E-state index in [9.17, 15) is 4.79 Å². The number of carbonyl (C=O) groups is 1. The second-order valence-electron chi connectivity index (χ2n) is 4.50. The molecule has 2 amide bonds. The summed E-state index contributed by atoms with van der Waals surface area (Å²) in [5, 5.41) is 5.65. The molecular formula is C13H20BrN3O. The number of amides is 2. The number of rotatable bonds is 5. The molecule has 2 N–H and O–H groups in total. The van der Waals surface area contributed by atoms with Crippen LogP contribution in [0.4, 0.5) is 10.5 Å². The average Bonchev–Trinajstić information content (AvgIpc) is 2.29. The Morgan fingerprint density at radius 2 is 2.11 bits per heavy atom. The Morgan fingerprint density at radius 1 is 1.39 bits per heavy atom. The third-order valence-corrected chi connectivity index (χ3v) is 3.37. The van der Waals surface area contributed by atoms with Crippen LogP contribution in [0.25, 0.3) is 0 Å². The molecular weight excluding hydrogens is 294 g/mol. The molecule has 18 heavy (non-hydrogen) atoms. The van der Waals surface area contributed by atoms with E-state index >= 15 is 0 Å². The maximum Gasteiger partial charge on any atom is 0.319 e. The van der Waals surface area contributed by atoms with Gasteiger partial charge in [-0.2, -0.15) is 0 Å². The number of nitrogens with zero attached hydrogens (tertiary/aromatic N) is 1. The van der Waals surface area contributed by atoms with Crippen LogP contribution >= 0.6 is 15.9 Å². The molecule has 1 aromatic rings. The summed E-state index contributed by atoms with van der Waals surface area (Å²) in [7, 11) is 4.04. The van der Waals surface area contributed by atoms with Gasteiger partial charge in [-0.05, 0) is 57.7 Å². The van der Waals surface area contributed by atoms with Crippen molar-refractivity contribution < 1.29 is 4.79 Å². The van der Waals surface area contributed by atoms with E-state index in [0.717, 1.165) is 28.7 Å². The summed E-state index contributed by atoms with van der Waals surface area (Å²) < 4.78 is 1.04. The van der Waals surface area contributed by atoms with E-state index in [1.54, 1.807) is 0 Å². The number of benzene rings is 1. The smallest absolute Gasteiger partial charge is 0.319 e. The van der Waals surface area contributed by atoms with Crippen molar-refractivity contribution in [3.8, 4) is 0 Å². The minimum absolute atomic E-state index is 0.157. The van der Waals surface area contributed by atoms with Crippen molar-refractivity contribution in [3.63, 3.8) is 0 Å². The average molecular weight is 314 g/mol. The Bertz CT molecular complexity index is 407. The lowest BCUT2D eigenvalue weighted by molar-refractivity contribution is 0.251. The second kappa shape index (κ2) is 7.38. The molecule has 0 atom stereocenters. The van der Waals surface area contributed by atoms with Gasteiger partial charge in [-0.1, -0.05) is 15.9 Å². The Hall–Kier alpha value is -1.07. The minimum atomic E-state index is -0.157. The van der Waals surface area contributed by atoms with E-state index in [1.165, 1.54) is 0 Å². The Labute approximate surface area is 117 Å². The molecule has 0 aliphatic carbocycles. The third kappa shape index (κ3) is 5.51. The Kier molecular flexibility index (Phi) is 6.15. The highest BCUT2D eigenvalue weighted by Crippen LogP contribution is 2.19. The summed E-state index contributed by atoms with van der Waals surface area (Å²) in [4.78, 5) is 13.7. The number of urea groups is 1. The molecule has 100 valence electrons. The van der Waals surface area contributed by atoms with Crippen LogP contribution in [0.15, 0.2) is 22.7 Å². The molecule has 0 fully saturated rings. The van der Waals surface area contributed by atoms with Gasteiger partial charge in [0.2, 0.25) is 0 Å². The zero-order valence-corrected chi connectivity index (χ0v) is 12.7. The van der Waals surface area contributed by atoms with Crippen LogP contribution < -0.4 is 10.6 Å². The molecule has 0 aromatic heterocycles. The highest BCUT2D eigenvalue weighted by atomic mass is 79.9. The first kappa shape index (κ1) is 15.0. The molecule has 5 heteroatoms. The number of nitrogens with one attached hydrogen (secondary N) is 2. The number of hydrogen-bond acceptors (Lipinski definition) is 2. The van der Waals surface area contributed by atoms with E-state index in [-0.39, 0.29) is 6.03 Å². The Balaban J connectivity index is 2.33. The van der Waals surface area contributed by atoms with Crippen molar-refractivity contribution in [1.29, 1.82) is 0 Å². The highest BCUT2D eigenvalue weighted by molar-refractivity contribution is 9.10.